The summed E-state index contributed by atoms with van der Waals surface area (Å²) in [5.41, 5.74) is 0.372. The number of anilines is 1. The second-order valence-electron chi connectivity index (χ2n) is 4.52. The van der Waals surface area contributed by atoms with E-state index in [4.69, 9.17) is 32.7 Å². The number of carbonyl (C=O) groups is 1. The van der Waals surface area contributed by atoms with Crippen LogP contribution in [0.4, 0.5) is 5.69 Å². The molecule has 22 heavy (non-hydrogen) atoms. The van der Waals surface area contributed by atoms with Crippen molar-refractivity contribution in [1.29, 1.82) is 0 Å². The van der Waals surface area contributed by atoms with Crippen molar-refractivity contribution >= 4 is 34.8 Å². The number of hydrogen-bond acceptors (Lipinski definition) is 3. The van der Waals surface area contributed by atoms with Gasteiger partial charge in [-0.05, 0) is 31.2 Å². The largest absolute Gasteiger partial charge is 0.497 e. The number of para-hydroxylation sites is 1. The maximum Gasteiger partial charge on any atom is 0.265 e. The van der Waals surface area contributed by atoms with Crippen LogP contribution in [-0.4, -0.2) is 19.1 Å². The summed E-state index contributed by atoms with van der Waals surface area (Å²) in [4.78, 5) is 12.2. The first kappa shape index (κ1) is 16.5. The number of hydrogen-bond donors (Lipinski definition) is 1. The highest BCUT2D eigenvalue weighted by atomic mass is 35.5. The Morgan fingerprint density at radius 1 is 1.09 bits per heavy atom. The summed E-state index contributed by atoms with van der Waals surface area (Å²) in [6.07, 6.45) is -0.723. The Bertz CT molecular complexity index is 656. The highest BCUT2D eigenvalue weighted by Crippen LogP contribution is 2.30. The van der Waals surface area contributed by atoms with Crippen LogP contribution in [0.1, 0.15) is 6.92 Å². The average molecular weight is 340 g/mol. The van der Waals surface area contributed by atoms with Crippen LogP contribution in [0.25, 0.3) is 0 Å². The number of nitrogens with one attached hydrogen (secondary N) is 1. The zero-order valence-corrected chi connectivity index (χ0v) is 13.6. The smallest absolute Gasteiger partial charge is 0.265 e. The molecule has 0 saturated carbocycles. The lowest BCUT2D eigenvalue weighted by Gasteiger charge is -2.16. The van der Waals surface area contributed by atoms with Crippen LogP contribution in [0.5, 0.6) is 11.5 Å². The third kappa shape index (κ3) is 4.06. The SMILES string of the molecule is COc1cccc(O[C@@H](C)C(=O)Nc2c(Cl)cccc2Cl)c1. The van der Waals surface area contributed by atoms with E-state index in [0.29, 0.717) is 27.2 Å². The Morgan fingerprint density at radius 3 is 2.32 bits per heavy atom. The van der Waals surface area contributed by atoms with E-state index in [1.807, 2.05) is 0 Å². The molecule has 0 bridgehead atoms. The van der Waals surface area contributed by atoms with Gasteiger partial charge in [0.15, 0.2) is 6.10 Å². The van der Waals surface area contributed by atoms with Crippen LogP contribution in [0.3, 0.4) is 0 Å². The molecule has 0 unspecified atom stereocenters. The Morgan fingerprint density at radius 2 is 1.68 bits per heavy atom. The van der Waals surface area contributed by atoms with Gasteiger partial charge in [0.05, 0.1) is 22.8 Å². The summed E-state index contributed by atoms with van der Waals surface area (Å²) >= 11 is 12.0. The number of ether oxygens (including phenoxy) is 2. The van der Waals surface area contributed by atoms with Gasteiger partial charge in [-0.25, -0.2) is 0 Å². The molecule has 1 atom stereocenters. The Labute approximate surface area is 138 Å². The molecule has 0 saturated heterocycles. The fourth-order valence-electron chi connectivity index (χ4n) is 1.77. The summed E-state index contributed by atoms with van der Waals surface area (Å²) in [5, 5.41) is 3.41. The number of methoxy groups -OCH3 is 1. The number of benzene rings is 2. The first-order valence-corrected chi connectivity index (χ1v) is 7.32. The van der Waals surface area contributed by atoms with Crippen molar-refractivity contribution in [2.75, 3.05) is 12.4 Å². The van der Waals surface area contributed by atoms with Gasteiger partial charge in [-0.3, -0.25) is 4.79 Å². The first-order valence-electron chi connectivity index (χ1n) is 6.57. The number of rotatable bonds is 5. The van der Waals surface area contributed by atoms with Crippen molar-refractivity contribution in [2.24, 2.45) is 0 Å². The van der Waals surface area contributed by atoms with E-state index >= 15 is 0 Å². The fourth-order valence-corrected chi connectivity index (χ4v) is 2.27. The molecular weight excluding hydrogens is 325 g/mol. The van der Waals surface area contributed by atoms with Crippen molar-refractivity contribution in [3.8, 4) is 11.5 Å². The molecule has 0 heterocycles. The first-order chi connectivity index (χ1) is 10.5. The van der Waals surface area contributed by atoms with Gasteiger partial charge < -0.3 is 14.8 Å². The number of amides is 1. The minimum atomic E-state index is -0.723. The van der Waals surface area contributed by atoms with Crippen LogP contribution in [0, 0.1) is 0 Å². The molecular formula is C16H15Cl2NO3. The van der Waals surface area contributed by atoms with Gasteiger partial charge in [0.1, 0.15) is 11.5 Å². The molecule has 0 aliphatic heterocycles. The molecule has 0 fully saturated rings. The van der Waals surface area contributed by atoms with Crippen LogP contribution in [-0.2, 0) is 4.79 Å². The Kier molecular flexibility index (Phi) is 5.52. The van der Waals surface area contributed by atoms with Crippen LogP contribution < -0.4 is 14.8 Å². The zero-order valence-electron chi connectivity index (χ0n) is 12.1. The maximum atomic E-state index is 12.2. The lowest BCUT2D eigenvalue weighted by atomic mass is 10.3. The summed E-state index contributed by atoms with van der Waals surface area (Å²) in [6, 6.07) is 12.0. The standard InChI is InChI=1S/C16H15Cl2NO3/c1-10(22-12-6-3-5-11(9-12)21-2)16(20)19-15-13(17)7-4-8-14(15)18/h3-10H,1-2H3,(H,19,20)/t10-/m0/s1. The minimum absolute atomic E-state index is 0.349. The van der Waals surface area contributed by atoms with Crippen molar-refractivity contribution < 1.29 is 14.3 Å². The molecule has 116 valence electrons. The van der Waals surface area contributed by atoms with E-state index < -0.39 is 6.10 Å². The summed E-state index contributed by atoms with van der Waals surface area (Å²) in [5.74, 6) is 0.837. The van der Waals surface area contributed by atoms with E-state index in [0.717, 1.165) is 0 Å². The van der Waals surface area contributed by atoms with Gasteiger partial charge in [-0.15, -0.1) is 0 Å². The highest BCUT2D eigenvalue weighted by Gasteiger charge is 2.17. The van der Waals surface area contributed by atoms with Gasteiger partial charge >= 0.3 is 0 Å². The molecule has 2 aromatic carbocycles. The summed E-state index contributed by atoms with van der Waals surface area (Å²) in [7, 11) is 1.56. The van der Waals surface area contributed by atoms with E-state index in [1.165, 1.54) is 0 Å². The second kappa shape index (κ2) is 7.38. The lowest BCUT2D eigenvalue weighted by molar-refractivity contribution is -0.122. The molecule has 0 aliphatic rings. The third-order valence-electron chi connectivity index (χ3n) is 2.93. The molecule has 0 radical (unpaired) electrons. The number of halogens is 2. The topological polar surface area (TPSA) is 47.6 Å². The van der Waals surface area contributed by atoms with Gasteiger partial charge in [0.25, 0.3) is 5.91 Å². The normalized spacial score (nSPS) is 11.6. The highest BCUT2D eigenvalue weighted by molar-refractivity contribution is 6.39. The average Bonchev–Trinajstić information content (AvgIpc) is 2.51. The third-order valence-corrected chi connectivity index (χ3v) is 3.56. The molecule has 0 aliphatic carbocycles. The quantitative estimate of drug-likeness (QED) is 0.877. The Hall–Kier alpha value is -1.91. The molecule has 0 aromatic heterocycles. The summed E-state index contributed by atoms with van der Waals surface area (Å²) in [6.45, 7) is 1.64. The second-order valence-corrected chi connectivity index (χ2v) is 5.34. The van der Waals surface area contributed by atoms with E-state index in [2.05, 4.69) is 5.32 Å². The summed E-state index contributed by atoms with van der Waals surface area (Å²) < 4.78 is 10.7. The van der Waals surface area contributed by atoms with Gasteiger partial charge in [-0.2, -0.15) is 0 Å². The molecule has 1 amide bonds. The predicted octanol–water partition coefficient (Wildman–Crippen LogP) is 4.41. The molecule has 6 heteroatoms. The van der Waals surface area contributed by atoms with Gasteiger partial charge in [-0.1, -0.05) is 35.3 Å². The van der Waals surface area contributed by atoms with E-state index in [9.17, 15) is 4.79 Å². The minimum Gasteiger partial charge on any atom is -0.497 e. The van der Waals surface area contributed by atoms with E-state index in [1.54, 1.807) is 56.5 Å². The van der Waals surface area contributed by atoms with Crippen molar-refractivity contribution in [2.45, 2.75) is 13.0 Å². The van der Waals surface area contributed by atoms with Crippen LogP contribution in [0.15, 0.2) is 42.5 Å². The Balaban J connectivity index is 2.06. The zero-order chi connectivity index (χ0) is 16.1. The molecule has 0 spiro atoms. The van der Waals surface area contributed by atoms with Crippen LogP contribution in [0.2, 0.25) is 10.0 Å². The van der Waals surface area contributed by atoms with E-state index in [-0.39, 0.29) is 5.91 Å². The van der Waals surface area contributed by atoms with Crippen LogP contribution >= 0.6 is 23.2 Å². The molecule has 1 N–H and O–H groups in total. The van der Waals surface area contributed by atoms with Crippen molar-refractivity contribution in [3.63, 3.8) is 0 Å². The van der Waals surface area contributed by atoms with Crippen molar-refractivity contribution in [3.05, 3.63) is 52.5 Å². The van der Waals surface area contributed by atoms with Crippen molar-refractivity contribution in [1.82, 2.24) is 0 Å². The molecule has 4 nitrogen and oxygen atoms in total. The lowest BCUT2D eigenvalue weighted by Crippen LogP contribution is -2.30. The molecule has 2 aromatic rings. The monoisotopic (exact) mass is 339 g/mol. The number of carbonyl (C=O) groups excluding carboxylic acids is 1. The fraction of sp³-hybridized carbons (Fsp3) is 0.188. The van der Waals surface area contributed by atoms with Gasteiger partial charge in [0, 0.05) is 6.07 Å². The maximum absolute atomic E-state index is 12.2. The van der Waals surface area contributed by atoms with Gasteiger partial charge in [0.2, 0.25) is 0 Å². The predicted molar refractivity (Wildman–Crippen MR) is 88.2 cm³/mol. The molecule has 2 rings (SSSR count).